The van der Waals surface area contributed by atoms with Crippen molar-refractivity contribution in [3.63, 3.8) is 0 Å². The highest BCUT2D eigenvalue weighted by Crippen LogP contribution is 2.35. The summed E-state index contributed by atoms with van der Waals surface area (Å²) in [5.41, 5.74) is -1.43. The standard InChI is InChI=1S/C15H12BrFO3/c1-20-14(18)15(19,10-6-8-11(17)9-7-10)12-4-2-3-5-13(12)16/h2-9,19H,1H3. The first-order valence-corrected chi connectivity index (χ1v) is 6.61. The lowest BCUT2D eigenvalue weighted by molar-refractivity contribution is -0.159. The van der Waals surface area contributed by atoms with Crippen LogP contribution in [0, 0.1) is 5.82 Å². The Bertz CT molecular complexity index is 627. The zero-order valence-electron chi connectivity index (χ0n) is 10.6. The van der Waals surface area contributed by atoms with E-state index in [1.165, 1.54) is 31.4 Å². The molecule has 3 nitrogen and oxygen atoms in total. The molecule has 1 N–H and O–H groups in total. The molecule has 0 fully saturated rings. The highest BCUT2D eigenvalue weighted by Gasteiger charge is 2.42. The molecule has 2 aromatic carbocycles. The first kappa shape index (κ1) is 14.7. The number of halogens is 2. The second kappa shape index (κ2) is 5.73. The van der Waals surface area contributed by atoms with Gasteiger partial charge in [-0.25, -0.2) is 9.18 Å². The van der Waals surface area contributed by atoms with Crippen LogP contribution in [0.1, 0.15) is 11.1 Å². The Balaban J connectivity index is 2.66. The lowest BCUT2D eigenvalue weighted by Crippen LogP contribution is -2.38. The van der Waals surface area contributed by atoms with E-state index >= 15 is 0 Å². The molecule has 5 heteroatoms. The van der Waals surface area contributed by atoms with Gasteiger partial charge in [-0.05, 0) is 23.8 Å². The third kappa shape index (κ3) is 2.46. The zero-order valence-corrected chi connectivity index (χ0v) is 12.2. The molecule has 0 amide bonds. The molecule has 0 aliphatic rings. The predicted octanol–water partition coefficient (Wildman–Crippen LogP) is 3.00. The molecule has 20 heavy (non-hydrogen) atoms. The topological polar surface area (TPSA) is 46.5 Å². The smallest absolute Gasteiger partial charge is 0.347 e. The van der Waals surface area contributed by atoms with Gasteiger partial charge in [-0.1, -0.05) is 46.3 Å². The molecule has 0 saturated carbocycles. The second-order valence-electron chi connectivity index (χ2n) is 4.19. The minimum absolute atomic E-state index is 0.234. The summed E-state index contributed by atoms with van der Waals surface area (Å²) in [6.45, 7) is 0. The first-order valence-electron chi connectivity index (χ1n) is 5.82. The van der Waals surface area contributed by atoms with Crippen LogP contribution in [0.15, 0.2) is 53.0 Å². The highest BCUT2D eigenvalue weighted by molar-refractivity contribution is 9.10. The fraction of sp³-hybridized carbons (Fsp3) is 0.133. The number of aliphatic hydroxyl groups is 1. The molecule has 104 valence electrons. The summed E-state index contributed by atoms with van der Waals surface area (Å²) in [6.07, 6.45) is 0. The summed E-state index contributed by atoms with van der Waals surface area (Å²) in [5, 5.41) is 10.9. The molecule has 0 aromatic heterocycles. The Morgan fingerprint density at radius 1 is 1.20 bits per heavy atom. The number of carbonyl (C=O) groups is 1. The zero-order chi connectivity index (χ0) is 14.8. The maximum absolute atomic E-state index is 13.0. The molecule has 0 saturated heterocycles. The van der Waals surface area contributed by atoms with E-state index in [0.717, 1.165) is 0 Å². The fourth-order valence-electron chi connectivity index (χ4n) is 1.98. The number of ether oxygens (including phenoxy) is 1. The Hall–Kier alpha value is -1.72. The average Bonchev–Trinajstić information content (AvgIpc) is 2.46. The SMILES string of the molecule is COC(=O)C(O)(c1ccc(F)cc1)c1ccccc1Br. The molecule has 2 rings (SSSR count). The quantitative estimate of drug-likeness (QED) is 0.875. The third-order valence-electron chi connectivity index (χ3n) is 3.01. The van der Waals surface area contributed by atoms with Gasteiger partial charge in [0.25, 0.3) is 0 Å². The van der Waals surface area contributed by atoms with Crippen molar-refractivity contribution in [2.45, 2.75) is 5.60 Å². The monoisotopic (exact) mass is 338 g/mol. The van der Waals surface area contributed by atoms with Gasteiger partial charge in [-0.3, -0.25) is 0 Å². The van der Waals surface area contributed by atoms with E-state index in [2.05, 4.69) is 15.9 Å². The van der Waals surface area contributed by atoms with Crippen LogP contribution < -0.4 is 0 Å². The van der Waals surface area contributed by atoms with Crippen LogP contribution in [0.3, 0.4) is 0 Å². The minimum atomic E-state index is -2.00. The van der Waals surface area contributed by atoms with Crippen molar-refractivity contribution in [2.24, 2.45) is 0 Å². The number of carbonyl (C=O) groups excluding carboxylic acids is 1. The van der Waals surface area contributed by atoms with E-state index in [1.807, 2.05) is 0 Å². The summed E-state index contributed by atoms with van der Waals surface area (Å²) in [5.74, 6) is -1.29. The third-order valence-corrected chi connectivity index (χ3v) is 3.70. The van der Waals surface area contributed by atoms with Crippen molar-refractivity contribution in [3.8, 4) is 0 Å². The number of hydrogen-bond acceptors (Lipinski definition) is 3. The van der Waals surface area contributed by atoms with Gasteiger partial charge in [0, 0.05) is 10.0 Å². The molecular weight excluding hydrogens is 327 g/mol. The molecule has 1 unspecified atom stereocenters. The number of hydrogen-bond donors (Lipinski definition) is 1. The summed E-state index contributed by atoms with van der Waals surface area (Å²) < 4.78 is 18.3. The van der Waals surface area contributed by atoms with Gasteiger partial charge in [0.1, 0.15) is 5.82 Å². The van der Waals surface area contributed by atoms with E-state index in [1.54, 1.807) is 24.3 Å². The van der Waals surface area contributed by atoms with Gasteiger partial charge < -0.3 is 9.84 Å². The Kier molecular flexibility index (Phi) is 4.20. The van der Waals surface area contributed by atoms with E-state index in [9.17, 15) is 14.3 Å². The highest BCUT2D eigenvalue weighted by atomic mass is 79.9. The van der Waals surface area contributed by atoms with Gasteiger partial charge >= 0.3 is 5.97 Å². The maximum atomic E-state index is 13.0. The molecule has 0 bridgehead atoms. The summed E-state index contributed by atoms with van der Waals surface area (Å²) in [6, 6.07) is 11.8. The van der Waals surface area contributed by atoms with Crippen LogP contribution >= 0.6 is 15.9 Å². The molecule has 2 aromatic rings. The van der Waals surface area contributed by atoms with Crippen LogP contribution in [0.25, 0.3) is 0 Å². The number of methoxy groups -OCH3 is 1. The van der Waals surface area contributed by atoms with Crippen LogP contribution in [-0.2, 0) is 15.1 Å². The first-order chi connectivity index (χ1) is 9.50. The Labute approximate surface area is 124 Å². The fourth-order valence-corrected chi connectivity index (χ4v) is 2.55. The van der Waals surface area contributed by atoms with Crippen molar-refractivity contribution in [1.82, 2.24) is 0 Å². The molecule has 1 atom stereocenters. The molecule has 0 aliphatic carbocycles. The van der Waals surface area contributed by atoms with Crippen LogP contribution in [0.4, 0.5) is 4.39 Å². The lowest BCUT2D eigenvalue weighted by Gasteiger charge is -2.27. The summed E-state index contributed by atoms with van der Waals surface area (Å²) in [4.78, 5) is 12.1. The molecule has 0 radical (unpaired) electrons. The van der Waals surface area contributed by atoms with E-state index in [-0.39, 0.29) is 5.56 Å². The lowest BCUT2D eigenvalue weighted by atomic mass is 9.86. The second-order valence-corrected chi connectivity index (χ2v) is 5.04. The van der Waals surface area contributed by atoms with Crippen molar-refractivity contribution < 1.29 is 19.0 Å². The molecular formula is C15H12BrFO3. The van der Waals surface area contributed by atoms with Gasteiger partial charge in [0.15, 0.2) is 0 Å². The van der Waals surface area contributed by atoms with Gasteiger partial charge in [-0.2, -0.15) is 0 Å². The number of benzene rings is 2. The van der Waals surface area contributed by atoms with Gasteiger partial charge in [-0.15, -0.1) is 0 Å². The largest absolute Gasteiger partial charge is 0.466 e. The van der Waals surface area contributed by atoms with E-state index < -0.39 is 17.4 Å². The van der Waals surface area contributed by atoms with Crippen molar-refractivity contribution in [3.05, 3.63) is 69.9 Å². The van der Waals surface area contributed by atoms with E-state index in [0.29, 0.717) is 10.0 Å². The number of rotatable bonds is 3. The Morgan fingerprint density at radius 3 is 2.35 bits per heavy atom. The van der Waals surface area contributed by atoms with Gasteiger partial charge in [0.2, 0.25) is 5.60 Å². The normalized spacial score (nSPS) is 13.6. The minimum Gasteiger partial charge on any atom is -0.466 e. The van der Waals surface area contributed by atoms with Crippen molar-refractivity contribution in [2.75, 3.05) is 7.11 Å². The predicted molar refractivity (Wildman–Crippen MR) is 75.6 cm³/mol. The number of esters is 1. The summed E-state index contributed by atoms with van der Waals surface area (Å²) >= 11 is 3.30. The van der Waals surface area contributed by atoms with Crippen molar-refractivity contribution in [1.29, 1.82) is 0 Å². The summed E-state index contributed by atoms with van der Waals surface area (Å²) in [7, 11) is 1.19. The van der Waals surface area contributed by atoms with E-state index in [4.69, 9.17) is 4.74 Å². The van der Waals surface area contributed by atoms with Crippen LogP contribution in [0.5, 0.6) is 0 Å². The van der Waals surface area contributed by atoms with Crippen LogP contribution in [0.2, 0.25) is 0 Å². The molecule has 0 aliphatic heterocycles. The molecule has 0 spiro atoms. The van der Waals surface area contributed by atoms with Gasteiger partial charge in [0.05, 0.1) is 7.11 Å². The van der Waals surface area contributed by atoms with Crippen molar-refractivity contribution >= 4 is 21.9 Å². The average molecular weight is 339 g/mol. The van der Waals surface area contributed by atoms with Crippen LogP contribution in [-0.4, -0.2) is 18.2 Å². The Morgan fingerprint density at radius 2 is 1.80 bits per heavy atom. The maximum Gasteiger partial charge on any atom is 0.347 e. The molecule has 0 heterocycles.